The molecule has 0 bridgehead atoms. The molecule has 0 spiro atoms. The normalized spacial score (nSPS) is 12.3. The Labute approximate surface area is 274 Å². The molecule has 0 amide bonds. The second-order valence-corrected chi connectivity index (χ2v) is 18.4. The van der Waals surface area contributed by atoms with Gasteiger partial charge in [-0.1, -0.05) is 185 Å². The van der Waals surface area contributed by atoms with E-state index in [1.54, 1.807) is 0 Å². The van der Waals surface area contributed by atoms with Gasteiger partial charge in [-0.3, -0.25) is 0 Å². The van der Waals surface area contributed by atoms with Crippen molar-refractivity contribution in [3.63, 3.8) is 0 Å². The third kappa shape index (κ3) is 14.8. The average Bonchev–Trinajstić information content (AvgIpc) is 3.03. The molecule has 0 unspecified atom stereocenters. The summed E-state index contributed by atoms with van der Waals surface area (Å²) in [5.41, 5.74) is 0. The highest BCUT2D eigenvalue weighted by Crippen LogP contribution is 2.36. The fourth-order valence-corrected chi connectivity index (χ4v) is 11.3. The smallest absolute Gasteiger partial charge is 0.261 e. The van der Waals surface area contributed by atoms with Crippen molar-refractivity contribution < 1.29 is 9.53 Å². The number of aliphatic hydroxyl groups is 1. The molecule has 0 aliphatic carbocycles. The van der Waals surface area contributed by atoms with E-state index < -0.39 is 8.32 Å². The van der Waals surface area contributed by atoms with E-state index in [2.05, 4.69) is 93.3 Å². The van der Waals surface area contributed by atoms with Crippen LogP contribution >= 0.6 is 0 Å². The highest BCUT2D eigenvalue weighted by Gasteiger charge is 2.50. The van der Waals surface area contributed by atoms with Crippen LogP contribution in [0.4, 0.5) is 0 Å². The quantitative estimate of drug-likeness (QED) is 0.0794. The summed E-state index contributed by atoms with van der Waals surface area (Å²) in [6, 6.07) is 22.2. The van der Waals surface area contributed by atoms with Gasteiger partial charge in [-0.05, 0) is 47.8 Å². The minimum Gasteiger partial charge on any atom is -0.406 e. The molecule has 2 aromatic rings. The molecule has 0 fully saturated rings. The zero-order valence-electron chi connectivity index (χ0n) is 29.3. The lowest BCUT2D eigenvalue weighted by Gasteiger charge is -2.43. The monoisotopic (exact) mass is 624 g/mol. The molecule has 2 aromatic carbocycles. The van der Waals surface area contributed by atoms with Gasteiger partial charge in [-0.15, -0.1) is 0 Å². The van der Waals surface area contributed by atoms with Crippen LogP contribution in [0.25, 0.3) is 0 Å². The Morgan fingerprint density at radius 2 is 0.932 bits per heavy atom. The molecule has 0 aliphatic rings. The fraction of sp³-hybridized carbons (Fsp3) is 0.700. The Morgan fingerprint density at radius 1 is 0.545 bits per heavy atom. The number of unbranched alkanes of at least 4 members (excludes halogenated alkanes) is 16. The topological polar surface area (TPSA) is 32.7 Å². The summed E-state index contributed by atoms with van der Waals surface area (Å²) >= 11 is 0. The van der Waals surface area contributed by atoms with Gasteiger partial charge in [-0.25, -0.2) is 0 Å². The van der Waals surface area contributed by atoms with Gasteiger partial charge >= 0.3 is 0 Å². The molecule has 2 rings (SSSR count). The number of hydrogen-bond donors (Lipinski definition) is 1. The molecule has 0 heterocycles. The lowest BCUT2D eigenvalue weighted by Crippen LogP contribution is -2.67. The molecule has 0 atom stereocenters. The van der Waals surface area contributed by atoms with Crippen LogP contribution in [0.2, 0.25) is 5.04 Å². The highest BCUT2D eigenvalue weighted by molar-refractivity contribution is 6.99. The van der Waals surface area contributed by atoms with E-state index in [-0.39, 0.29) is 5.04 Å². The maximum atomic E-state index is 8.99. The minimum absolute atomic E-state index is 0.0221. The number of hydrogen-bond acceptors (Lipinski definition) is 3. The van der Waals surface area contributed by atoms with Gasteiger partial charge in [-0.2, -0.15) is 0 Å². The first-order chi connectivity index (χ1) is 21.5. The Balaban J connectivity index is 1.94. The molecule has 44 heavy (non-hydrogen) atoms. The van der Waals surface area contributed by atoms with Crippen LogP contribution in [0.3, 0.4) is 0 Å². The van der Waals surface area contributed by atoms with Crippen molar-refractivity contribution >= 4 is 18.7 Å². The van der Waals surface area contributed by atoms with E-state index in [9.17, 15) is 0 Å². The van der Waals surface area contributed by atoms with Crippen LogP contribution < -0.4 is 10.4 Å². The average molecular weight is 624 g/mol. The van der Waals surface area contributed by atoms with Crippen molar-refractivity contribution in [2.24, 2.45) is 0 Å². The SMILES string of the molecule is CCCCCCCCCCCCN(CCCCCCCCCCO)CCO[Si](c1ccccc1)(c1ccccc1)C(C)(C)C. The first-order valence-electron chi connectivity index (χ1n) is 18.5. The Hall–Kier alpha value is -1.46. The Morgan fingerprint density at radius 3 is 1.32 bits per heavy atom. The van der Waals surface area contributed by atoms with Crippen LogP contribution in [0, 0.1) is 0 Å². The van der Waals surface area contributed by atoms with E-state index in [1.165, 1.54) is 133 Å². The van der Waals surface area contributed by atoms with E-state index in [4.69, 9.17) is 9.53 Å². The van der Waals surface area contributed by atoms with Crippen LogP contribution in [0.1, 0.15) is 143 Å². The lowest BCUT2D eigenvalue weighted by molar-refractivity contribution is 0.195. The molecule has 0 aromatic heterocycles. The lowest BCUT2D eigenvalue weighted by atomic mass is 10.1. The molecule has 4 heteroatoms. The van der Waals surface area contributed by atoms with Crippen molar-refractivity contribution in [1.82, 2.24) is 4.90 Å². The van der Waals surface area contributed by atoms with Crippen molar-refractivity contribution in [2.75, 3.05) is 32.8 Å². The standard InChI is InChI=1S/C40H69NO2Si/c1-5-6-7-8-9-10-11-14-17-26-33-41(34-27-18-15-12-13-16-19-28-36-42)35-37-43-44(40(2,3)4,38-29-22-20-23-30-38)39-31-24-21-25-32-39/h20-25,29-32,42H,5-19,26-28,33-37H2,1-4H3. The van der Waals surface area contributed by atoms with Crippen LogP contribution in [0.15, 0.2) is 60.7 Å². The van der Waals surface area contributed by atoms with Crippen LogP contribution in [0.5, 0.6) is 0 Å². The van der Waals surface area contributed by atoms with Gasteiger partial charge in [0.05, 0.1) is 0 Å². The van der Waals surface area contributed by atoms with Gasteiger partial charge in [0.15, 0.2) is 0 Å². The van der Waals surface area contributed by atoms with E-state index in [1.807, 2.05) is 0 Å². The van der Waals surface area contributed by atoms with Gasteiger partial charge in [0, 0.05) is 19.8 Å². The number of rotatable bonds is 27. The number of benzene rings is 2. The summed E-state index contributed by atoms with van der Waals surface area (Å²) in [5.74, 6) is 0. The Bertz CT molecular complexity index is 874. The van der Waals surface area contributed by atoms with E-state index >= 15 is 0 Å². The summed E-state index contributed by atoms with van der Waals surface area (Å²) in [5, 5.41) is 11.8. The van der Waals surface area contributed by atoms with Crippen molar-refractivity contribution in [1.29, 1.82) is 0 Å². The zero-order chi connectivity index (χ0) is 31.8. The highest BCUT2D eigenvalue weighted by atomic mass is 28.4. The van der Waals surface area contributed by atoms with Gasteiger partial charge in [0.25, 0.3) is 8.32 Å². The van der Waals surface area contributed by atoms with Crippen LogP contribution in [-0.4, -0.2) is 51.2 Å². The molecule has 0 saturated heterocycles. The third-order valence-corrected chi connectivity index (χ3v) is 14.4. The Kier molecular flexibility index (Phi) is 21.0. The van der Waals surface area contributed by atoms with Gasteiger partial charge < -0.3 is 14.4 Å². The largest absolute Gasteiger partial charge is 0.406 e. The second kappa shape index (κ2) is 23.8. The minimum atomic E-state index is -2.49. The molecule has 1 N–H and O–H groups in total. The van der Waals surface area contributed by atoms with Gasteiger partial charge in [0.1, 0.15) is 0 Å². The molecule has 0 saturated carbocycles. The van der Waals surface area contributed by atoms with Crippen molar-refractivity contribution in [3.8, 4) is 0 Å². The molecule has 0 aliphatic heterocycles. The summed E-state index contributed by atoms with van der Waals surface area (Å²) in [6.07, 6.45) is 23.9. The third-order valence-electron chi connectivity index (χ3n) is 9.35. The molecule has 250 valence electrons. The summed E-state index contributed by atoms with van der Waals surface area (Å²) in [4.78, 5) is 2.71. The summed E-state index contributed by atoms with van der Waals surface area (Å²) in [7, 11) is -2.49. The van der Waals surface area contributed by atoms with Crippen molar-refractivity contribution in [3.05, 3.63) is 60.7 Å². The number of nitrogens with zero attached hydrogens (tertiary/aromatic N) is 1. The van der Waals surface area contributed by atoms with E-state index in [0.29, 0.717) is 6.61 Å². The zero-order valence-corrected chi connectivity index (χ0v) is 30.3. The summed E-state index contributed by atoms with van der Waals surface area (Å²) < 4.78 is 7.27. The van der Waals surface area contributed by atoms with Crippen molar-refractivity contribution in [2.45, 2.75) is 148 Å². The molecular weight excluding hydrogens is 555 g/mol. The maximum absolute atomic E-state index is 8.99. The molecular formula is C40H69NO2Si. The first kappa shape index (κ1) is 38.7. The fourth-order valence-electron chi connectivity index (χ4n) is 6.76. The maximum Gasteiger partial charge on any atom is 0.261 e. The first-order valence-corrected chi connectivity index (χ1v) is 20.4. The van der Waals surface area contributed by atoms with Crippen LogP contribution in [-0.2, 0) is 4.43 Å². The predicted molar refractivity (Wildman–Crippen MR) is 196 cm³/mol. The predicted octanol–water partition coefficient (Wildman–Crippen LogP) is 9.90. The number of aliphatic hydroxyl groups excluding tert-OH is 1. The second-order valence-electron chi connectivity index (χ2n) is 14.1. The van der Waals surface area contributed by atoms with E-state index in [0.717, 1.165) is 19.6 Å². The summed E-state index contributed by atoms with van der Waals surface area (Å²) in [6.45, 7) is 14.0. The van der Waals surface area contributed by atoms with Gasteiger partial charge in [0.2, 0.25) is 0 Å². The molecule has 3 nitrogen and oxygen atoms in total. The molecule has 0 radical (unpaired) electrons.